The van der Waals surface area contributed by atoms with E-state index in [0.29, 0.717) is 0 Å². The summed E-state index contributed by atoms with van der Waals surface area (Å²) in [7, 11) is 0. The van der Waals surface area contributed by atoms with E-state index in [9.17, 15) is 10.2 Å². The molecule has 0 unspecified atom stereocenters. The van der Waals surface area contributed by atoms with Crippen LogP contribution >= 0.6 is 0 Å². The van der Waals surface area contributed by atoms with Gasteiger partial charge in [0.15, 0.2) is 0 Å². The zero-order chi connectivity index (χ0) is 10.7. The molecule has 2 heteroatoms. The van der Waals surface area contributed by atoms with Gasteiger partial charge in [-0.3, -0.25) is 0 Å². The van der Waals surface area contributed by atoms with Gasteiger partial charge in [0.2, 0.25) is 0 Å². The van der Waals surface area contributed by atoms with Gasteiger partial charge in [-0.1, -0.05) is 0 Å². The zero-order valence-corrected chi connectivity index (χ0v) is 9.49. The van der Waals surface area contributed by atoms with Gasteiger partial charge in [0, 0.05) is 0 Å². The first-order valence-corrected chi connectivity index (χ1v) is 6.55. The van der Waals surface area contributed by atoms with Crippen molar-refractivity contribution in [1.29, 1.82) is 0 Å². The van der Waals surface area contributed by atoms with Gasteiger partial charge in [0.25, 0.3) is 0 Å². The van der Waals surface area contributed by atoms with E-state index >= 15 is 0 Å². The predicted octanol–water partition coefficient (Wildman–Crippen LogP) is 3.36. The third kappa shape index (κ3) is 3.46. The van der Waals surface area contributed by atoms with Crippen LogP contribution in [-0.2, 0) is 10.2 Å². The monoisotopic (exact) mass is 210 g/mol. The van der Waals surface area contributed by atoms with Crippen LogP contribution in [0.2, 0.25) is 0 Å². The molecular formula is C13H22O2. The van der Waals surface area contributed by atoms with E-state index in [4.69, 9.17) is 0 Å². The van der Waals surface area contributed by atoms with Gasteiger partial charge in [0.1, 0.15) is 0 Å². The highest BCUT2D eigenvalue weighted by Crippen LogP contribution is 2.35. The standard InChI is InChI=1S/C13H22O2/c14-12-5-1-10(2-6-12)9-11-3-7-13(15)8-4-11/h10-13H,1-9H2. The third-order valence-electron chi connectivity index (χ3n) is 4.25. The molecule has 15 heavy (non-hydrogen) atoms. The SMILES string of the molecule is [O]C1CCC(CC2CCC([O])CC2)CC1. The molecule has 0 aromatic heterocycles. The first kappa shape index (κ1) is 11.4. The lowest BCUT2D eigenvalue weighted by molar-refractivity contribution is 0.0247. The predicted molar refractivity (Wildman–Crippen MR) is 57.5 cm³/mol. The molecule has 0 N–H and O–H groups in total. The minimum Gasteiger partial charge on any atom is -0.233 e. The lowest BCUT2D eigenvalue weighted by Gasteiger charge is -2.30. The molecule has 0 spiro atoms. The van der Waals surface area contributed by atoms with Gasteiger partial charge in [-0.25, -0.2) is 10.2 Å². The van der Waals surface area contributed by atoms with Gasteiger partial charge < -0.3 is 0 Å². The largest absolute Gasteiger partial charge is 0.233 e. The molecule has 0 aromatic carbocycles. The molecule has 0 heterocycles. The van der Waals surface area contributed by atoms with E-state index in [2.05, 4.69) is 0 Å². The Balaban J connectivity index is 1.68. The highest BCUT2D eigenvalue weighted by atomic mass is 16.3. The smallest absolute Gasteiger partial charge is 0.0930 e. The molecule has 2 aliphatic rings. The summed E-state index contributed by atoms with van der Waals surface area (Å²) in [5, 5.41) is 22.4. The third-order valence-corrected chi connectivity index (χ3v) is 4.25. The Morgan fingerprint density at radius 1 is 0.600 bits per heavy atom. The van der Waals surface area contributed by atoms with E-state index in [1.807, 2.05) is 0 Å². The van der Waals surface area contributed by atoms with Gasteiger partial charge in [0.05, 0.1) is 12.2 Å². The summed E-state index contributed by atoms with van der Waals surface area (Å²) in [6.07, 6.45) is 8.87. The summed E-state index contributed by atoms with van der Waals surface area (Å²) >= 11 is 0. The fraction of sp³-hybridized carbons (Fsp3) is 1.00. The normalized spacial score (nSPS) is 42.8. The molecule has 2 saturated carbocycles. The lowest BCUT2D eigenvalue weighted by Crippen LogP contribution is -2.23. The van der Waals surface area contributed by atoms with Crippen LogP contribution in [0, 0.1) is 11.8 Å². The van der Waals surface area contributed by atoms with Crippen molar-refractivity contribution in [1.82, 2.24) is 0 Å². The van der Waals surface area contributed by atoms with Gasteiger partial charge in [-0.15, -0.1) is 0 Å². The topological polar surface area (TPSA) is 39.8 Å². The molecule has 0 aliphatic heterocycles. The van der Waals surface area contributed by atoms with Crippen LogP contribution in [0.1, 0.15) is 57.8 Å². The van der Waals surface area contributed by atoms with Crippen molar-refractivity contribution in [3.8, 4) is 0 Å². The van der Waals surface area contributed by atoms with Crippen molar-refractivity contribution in [2.24, 2.45) is 11.8 Å². The molecular weight excluding hydrogens is 188 g/mol. The van der Waals surface area contributed by atoms with Crippen LogP contribution in [0.4, 0.5) is 0 Å². The lowest BCUT2D eigenvalue weighted by atomic mass is 9.76. The van der Waals surface area contributed by atoms with Crippen LogP contribution in [0.25, 0.3) is 0 Å². The summed E-state index contributed by atoms with van der Waals surface area (Å²) in [6, 6.07) is 0. The molecule has 2 fully saturated rings. The van der Waals surface area contributed by atoms with Crippen molar-refractivity contribution in [2.45, 2.75) is 70.0 Å². The van der Waals surface area contributed by atoms with Gasteiger partial charge in [-0.05, 0) is 69.6 Å². The second-order valence-corrected chi connectivity index (χ2v) is 5.52. The molecule has 0 amide bonds. The molecule has 0 bridgehead atoms. The Hall–Kier alpha value is -0.0800. The molecule has 86 valence electrons. The Kier molecular flexibility index (Phi) is 4.04. The first-order chi connectivity index (χ1) is 7.24. The summed E-state index contributed by atoms with van der Waals surface area (Å²) in [5.41, 5.74) is 0. The maximum atomic E-state index is 11.2. The van der Waals surface area contributed by atoms with Crippen LogP contribution in [0.5, 0.6) is 0 Å². The van der Waals surface area contributed by atoms with Crippen molar-refractivity contribution >= 4 is 0 Å². The molecule has 2 nitrogen and oxygen atoms in total. The minimum atomic E-state index is -0.279. The average Bonchev–Trinajstić information content (AvgIpc) is 2.25. The Morgan fingerprint density at radius 2 is 0.933 bits per heavy atom. The second kappa shape index (κ2) is 5.31. The highest BCUT2D eigenvalue weighted by molar-refractivity contribution is 4.77. The number of hydrogen-bond acceptors (Lipinski definition) is 0. The first-order valence-electron chi connectivity index (χ1n) is 6.55. The molecule has 2 rings (SSSR count). The Labute approximate surface area is 92.7 Å². The fourth-order valence-electron chi connectivity index (χ4n) is 3.21. The van der Waals surface area contributed by atoms with E-state index in [-0.39, 0.29) is 12.2 Å². The highest BCUT2D eigenvalue weighted by Gasteiger charge is 2.26. The quantitative estimate of drug-likeness (QED) is 0.670. The zero-order valence-electron chi connectivity index (χ0n) is 9.49. The summed E-state index contributed by atoms with van der Waals surface area (Å²) in [5.74, 6) is 1.59. The fourth-order valence-corrected chi connectivity index (χ4v) is 3.21. The van der Waals surface area contributed by atoms with E-state index in [0.717, 1.165) is 63.2 Å². The maximum absolute atomic E-state index is 11.2. The molecule has 0 saturated heterocycles. The Morgan fingerprint density at radius 3 is 1.27 bits per heavy atom. The minimum absolute atomic E-state index is 0.279. The maximum Gasteiger partial charge on any atom is 0.0930 e. The van der Waals surface area contributed by atoms with Crippen LogP contribution in [-0.4, -0.2) is 12.2 Å². The van der Waals surface area contributed by atoms with E-state index in [1.165, 1.54) is 6.42 Å². The molecule has 2 radical (unpaired) electrons. The number of hydrogen-bond donors (Lipinski definition) is 0. The molecule has 0 aromatic rings. The Bertz CT molecular complexity index is 157. The van der Waals surface area contributed by atoms with Crippen molar-refractivity contribution in [3.63, 3.8) is 0 Å². The second-order valence-electron chi connectivity index (χ2n) is 5.52. The van der Waals surface area contributed by atoms with Gasteiger partial charge >= 0.3 is 0 Å². The van der Waals surface area contributed by atoms with Crippen molar-refractivity contribution in [3.05, 3.63) is 0 Å². The number of rotatable bonds is 2. The average molecular weight is 210 g/mol. The van der Waals surface area contributed by atoms with E-state index < -0.39 is 0 Å². The summed E-state index contributed by atoms with van der Waals surface area (Å²) < 4.78 is 0. The van der Waals surface area contributed by atoms with Crippen molar-refractivity contribution < 1.29 is 10.2 Å². The molecule has 0 atom stereocenters. The van der Waals surface area contributed by atoms with Crippen LogP contribution < -0.4 is 0 Å². The summed E-state index contributed by atoms with van der Waals surface area (Å²) in [4.78, 5) is 0. The van der Waals surface area contributed by atoms with Gasteiger partial charge in [-0.2, -0.15) is 0 Å². The van der Waals surface area contributed by atoms with Crippen molar-refractivity contribution in [2.75, 3.05) is 0 Å². The van der Waals surface area contributed by atoms with Crippen LogP contribution in [0.3, 0.4) is 0 Å². The molecule has 2 aliphatic carbocycles. The summed E-state index contributed by atoms with van der Waals surface area (Å²) in [6.45, 7) is 0. The van der Waals surface area contributed by atoms with E-state index in [1.54, 1.807) is 0 Å². The van der Waals surface area contributed by atoms with Crippen LogP contribution in [0.15, 0.2) is 0 Å².